The number of rotatable bonds is 8. The second-order valence-corrected chi connectivity index (χ2v) is 7.22. The maximum absolute atomic E-state index is 12.1. The Bertz CT molecular complexity index is 777. The van der Waals surface area contributed by atoms with Crippen molar-refractivity contribution in [2.75, 3.05) is 27.7 Å². The fraction of sp³-hybridized carbons (Fsp3) is 0.391. The SMILES string of the molecule is CN=C(NCCc1cccc(C(=O)N(C)C)c1)NC(C)CCc1ccccc1.I. The van der Waals surface area contributed by atoms with Crippen LogP contribution >= 0.6 is 24.0 Å². The predicted molar refractivity (Wildman–Crippen MR) is 132 cm³/mol. The second-order valence-electron chi connectivity index (χ2n) is 7.22. The van der Waals surface area contributed by atoms with Gasteiger partial charge in [0.05, 0.1) is 0 Å². The molecule has 0 aliphatic rings. The monoisotopic (exact) mass is 508 g/mol. The number of carbonyl (C=O) groups excluding carboxylic acids is 1. The van der Waals surface area contributed by atoms with Crippen LogP contribution in [0.5, 0.6) is 0 Å². The smallest absolute Gasteiger partial charge is 0.253 e. The molecule has 158 valence electrons. The lowest BCUT2D eigenvalue weighted by atomic mass is 10.1. The lowest BCUT2D eigenvalue weighted by Gasteiger charge is -2.18. The van der Waals surface area contributed by atoms with Crippen LogP contribution in [-0.2, 0) is 12.8 Å². The van der Waals surface area contributed by atoms with Crippen LogP contribution in [-0.4, -0.2) is 50.5 Å². The van der Waals surface area contributed by atoms with E-state index in [9.17, 15) is 4.79 Å². The zero-order valence-corrected chi connectivity index (χ0v) is 20.1. The van der Waals surface area contributed by atoms with Crippen LogP contribution in [0.15, 0.2) is 59.6 Å². The summed E-state index contributed by atoms with van der Waals surface area (Å²) in [6, 6.07) is 18.7. The van der Waals surface area contributed by atoms with Gasteiger partial charge >= 0.3 is 0 Å². The summed E-state index contributed by atoms with van der Waals surface area (Å²) in [6.07, 6.45) is 2.91. The summed E-state index contributed by atoms with van der Waals surface area (Å²) in [5.41, 5.74) is 3.21. The molecule has 6 heteroatoms. The molecule has 0 heterocycles. The van der Waals surface area contributed by atoms with Crippen molar-refractivity contribution < 1.29 is 4.79 Å². The van der Waals surface area contributed by atoms with Crippen LogP contribution < -0.4 is 10.6 Å². The zero-order valence-electron chi connectivity index (χ0n) is 17.8. The van der Waals surface area contributed by atoms with E-state index in [0.717, 1.165) is 42.9 Å². The van der Waals surface area contributed by atoms with Crippen molar-refractivity contribution in [1.82, 2.24) is 15.5 Å². The molecule has 2 aromatic carbocycles. The highest BCUT2D eigenvalue weighted by Gasteiger charge is 2.09. The summed E-state index contributed by atoms with van der Waals surface area (Å²) in [4.78, 5) is 18.0. The van der Waals surface area contributed by atoms with Gasteiger partial charge in [0.15, 0.2) is 5.96 Å². The van der Waals surface area contributed by atoms with Crippen LogP contribution in [0.3, 0.4) is 0 Å². The molecule has 5 nitrogen and oxygen atoms in total. The van der Waals surface area contributed by atoms with Crippen molar-refractivity contribution in [1.29, 1.82) is 0 Å². The average Bonchev–Trinajstić information content (AvgIpc) is 2.71. The van der Waals surface area contributed by atoms with Gasteiger partial charge in [-0.25, -0.2) is 0 Å². The molecule has 0 saturated carbocycles. The van der Waals surface area contributed by atoms with E-state index in [1.807, 2.05) is 30.3 Å². The standard InChI is InChI=1S/C23H32N4O.HI/c1-18(13-14-19-9-6-5-7-10-19)26-23(24-2)25-16-15-20-11-8-12-21(17-20)22(28)27(3)4;/h5-12,17-18H,13-16H2,1-4H3,(H2,24,25,26);1H. The van der Waals surface area contributed by atoms with Gasteiger partial charge in [0.25, 0.3) is 5.91 Å². The molecule has 1 amide bonds. The lowest BCUT2D eigenvalue weighted by molar-refractivity contribution is 0.0827. The Hall–Kier alpha value is -2.09. The van der Waals surface area contributed by atoms with Gasteiger partial charge < -0.3 is 15.5 Å². The van der Waals surface area contributed by atoms with Crippen molar-refractivity contribution >= 4 is 35.8 Å². The first-order valence-corrected chi connectivity index (χ1v) is 9.81. The molecule has 0 fully saturated rings. The molecule has 0 bridgehead atoms. The molecule has 2 aromatic rings. The van der Waals surface area contributed by atoms with Crippen molar-refractivity contribution in [3.8, 4) is 0 Å². The van der Waals surface area contributed by atoms with E-state index < -0.39 is 0 Å². The summed E-state index contributed by atoms with van der Waals surface area (Å²) < 4.78 is 0. The molecular formula is C23H33IN4O. The summed E-state index contributed by atoms with van der Waals surface area (Å²) in [5, 5.41) is 6.81. The molecule has 29 heavy (non-hydrogen) atoms. The number of halogens is 1. The Morgan fingerprint density at radius 2 is 1.72 bits per heavy atom. The van der Waals surface area contributed by atoms with E-state index in [1.165, 1.54) is 5.56 Å². The van der Waals surface area contributed by atoms with Crippen LogP contribution in [0.2, 0.25) is 0 Å². The Labute approximate surface area is 192 Å². The lowest BCUT2D eigenvalue weighted by Crippen LogP contribution is -2.43. The van der Waals surface area contributed by atoms with Gasteiger partial charge in [-0.3, -0.25) is 9.79 Å². The minimum atomic E-state index is 0. The van der Waals surface area contributed by atoms with Gasteiger partial charge in [-0.05, 0) is 49.4 Å². The number of benzene rings is 2. The molecule has 0 aromatic heterocycles. The van der Waals surface area contributed by atoms with Crippen molar-refractivity contribution in [2.24, 2.45) is 4.99 Å². The largest absolute Gasteiger partial charge is 0.356 e. The van der Waals surface area contributed by atoms with E-state index in [1.54, 1.807) is 26.0 Å². The van der Waals surface area contributed by atoms with E-state index in [4.69, 9.17) is 0 Å². The van der Waals surface area contributed by atoms with E-state index >= 15 is 0 Å². The molecule has 2 rings (SSSR count). The van der Waals surface area contributed by atoms with Crippen LogP contribution in [0, 0.1) is 0 Å². The van der Waals surface area contributed by atoms with E-state index in [-0.39, 0.29) is 29.9 Å². The Morgan fingerprint density at radius 1 is 1.03 bits per heavy atom. The second kappa shape index (κ2) is 13.2. The van der Waals surface area contributed by atoms with Gasteiger partial charge in [-0.1, -0.05) is 42.5 Å². The molecule has 0 spiro atoms. The fourth-order valence-corrected chi connectivity index (χ4v) is 2.97. The third-order valence-corrected chi connectivity index (χ3v) is 4.60. The third-order valence-electron chi connectivity index (χ3n) is 4.60. The third kappa shape index (κ3) is 8.85. The number of nitrogens with zero attached hydrogens (tertiary/aromatic N) is 2. The van der Waals surface area contributed by atoms with Crippen molar-refractivity contribution in [3.05, 3.63) is 71.3 Å². The number of amides is 1. The minimum absolute atomic E-state index is 0. The predicted octanol–water partition coefficient (Wildman–Crippen LogP) is 3.74. The van der Waals surface area contributed by atoms with Gasteiger partial charge in [0, 0.05) is 39.3 Å². The summed E-state index contributed by atoms with van der Waals surface area (Å²) in [5.74, 6) is 0.834. The molecule has 0 saturated heterocycles. The van der Waals surface area contributed by atoms with Crippen LogP contribution in [0.4, 0.5) is 0 Å². The summed E-state index contributed by atoms with van der Waals surface area (Å²) >= 11 is 0. The number of hydrogen-bond donors (Lipinski definition) is 2. The molecular weight excluding hydrogens is 475 g/mol. The van der Waals surface area contributed by atoms with Gasteiger partial charge in [-0.2, -0.15) is 0 Å². The topological polar surface area (TPSA) is 56.7 Å². The average molecular weight is 508 g/mol. The first-order valence-electron chi connectivity index (χ1n) is 9.81. The maximum Gasteiger partial charge on any atom is 0.253 e. The van der Waals surface area contributed by atoms with Crippen molar-refractivity contribution in [2.45, 2.75) is 32.2 Å². The van der Waals surface area contributed by atoms with Gasteiger partial charge in [0.1, 0.15) is 0 Å². The number of aryl methyl sites for hydroxylation is 1. The highest BCUT2D eigenvalue weighted by atomic mass is 127. The Morgan fingerprint density at radius 3 is 2.38 bits per heavy atom. The fourth-order valence-electron chi connectivity index (χ4n) is 2.97. The minimum Gasteiger partial charge on any atom is -0.356 e. The molecule has 0 aliphatic heterocycles. The number of nitrogens with one attached hydrogen (secondary N) is 2. The highest BCUT2D eigenvalue weighted by Crippen LogP contribution is 2.08. The van der Waals surface area contributed by atoms with Crippen LogP contribution in [0.1, 0.15) is 34.8 Å². The first-order chi connectivity index (χ1) is 13.5. The van der Waals surface area contributed by atoms with E-state index in [0.29, 0.717) is 6.04 Å². The molecule has 1 atom stereocenters. The van der Waals surface area contributed by atoms with E-state index in [2.05, 4.69) is 46.8 Å². The Balaban J connectivity index is 0.00000420. The quantitative estimate of drug-likeness (QED) is 0.325. The maximum atomic E-state index is 12.1. The number of aliphatic imine (C=N–C) groups is 1. The molecule has 2 N–H and O–H groups in total. The first kappa shape index (κ1) is 24.9. The number of carbonyl (C=O) groups is 1. The van der Waals surface area contributed by atoms with Gasteiger partial charge in [-0.15, -0.1) is 24.0 Å². The molecule has 0 aliphatic carbocycles. The number of guanidine groups is 1. The zero-order chi connectivity index (χ0) is 20.4. The molecule has 0 radical (unpaired) electrons. The van der Waals surface area contributed by atoms with Crippen LogP contribution in [0.25, 0.3) is 0 Å². The Kier molecular flexibility index (Phi) is 11.3. The summed E-state index contributed by atoms with van der Waals surface area (Å²) in [6.45, 7) is 2.93. The molecule has 1 unspecified atom stereocenters. The summed E-state index contributed by atoms with van der Waals surface area (Å²) in [7, 11) is 5.33. The highest BCUT2D eigenvalue weighted by molar-refractivity contribution is 14.0. The van der Waals surface area contributed by atoms with Crippen molar-refractivity contribution in [3.63, 3.8) is 0 Å². The normalized spacial score (nSPS) is 11.9. The van der Waals surface area contributed by atoms with Gasteiger partial charge in [0.2, 0.25) is 0 Å². The number of hydrogen-bond acceptors (Lipinski definition) is 2.